The fraction of sp³-hybridized carbons (Fsp3) is 0.394. The van der Waals surface area contributed by atoms with E-state index in [0.717, 1.165) is 57.5 Å². The first kappa shape index (κ1) is 32.5. The molecule has 1 fully saturated rings. The van der Waals surface area contributed by atoms with Crippen LogP contribution in [0.25, 0.3) is 0 Å². The molecule has 1 heterocycles. The van der Waals surface area contributed by atoms with Gasteiger partial charge in [0.2, 0.25) is 0 Å². The van der Waals surface area contributed by atoms with Crippen LogP contribution in [0.3, 0.4) is 0 Å². The average molecular weight is 599 g/mol. The van der Waals surface area contributed by atoms with E-state index >= 15 is 0 Å². The second kappa shape index (κ2) is 16.4. The van der Waals surface area contributed by atoms with Crippen LogP contribution in [0.4, 0.5) is 5.69 Å². The SMILES string of the molecule is CCOc1cc(CC)ccc1C1CCN(CCCCNC(=O)c2ccc(NC(=O)c3ccc(Cl)cc3)cc2)CC1.Cl. The molecule has 4 rings (SSSR count). The number of piperidine rings is 1. The number of nitrogens with zero attached hydrogens (tertiary/aromatic N) is 1. The summed E-state index contributed by atoms with van der Waals surface area (Å²) >= 11 is 5.88. The van der Waals surface area contributed by atoms with Gasteiger partial charge in [0, 0.05) is 28.4 Å². The first-order valence-corrected chi connectivity index (χ1v) is 14.8. The van der Waals surface area contributed by atoms with Gasteiger partial charge in [-0.25, -0.2) is 0 Å². The minimum Gasteiger partial charge on any atom is -0.494 e. The lowest BCUT2D eigenvalue weighted by atomic mass is 9.88. The predicted molar refractivity (Wildman–Crippen MR) is 170 cm³/mol. The number of rotatable bonds is 12. The van der Waals surface area contributed by atoms with Gasteiger partial charge < -0.3 is 20.3 Å². The molecule has 0 bridgehead atoms. The van der Waals surface area contributed by atoms with Gasteiger partial charge in [0.15, 0.2) is 0 Å². The average Bonchev–Trinajstić information content (AvgIpc) is 2.98. The van der Waals surface area contributed by atoms with Crippen LogP contribution in [-0.2, 0) is 6.42 Å². The Balaban J connectivity index is 0.00000462. The molecule has 0 saturated carbocycles. The zero-order valence-corrected chi connectivity index (χ0v) is 25.5. The van der Waals surface area contributed by atoms with Gasteiger partial charge in [-0.2, -0.15) is 0 Å². The van der Waals surface area contributed by atoms with Crippen molar-refractivity contribution in [2.75, 3.05) is 38.1 Å². The normalized spacial score (nSPS) is 13.7. The first-order valence-electron chi connectivity index (χ1n) is 14.4. The van der Waals surface area contributed by atoms with E-state index in [2.05, 4.69) is 47.6 Å². The molecule has 0 spiro atoms. The van der Waals surface area contributed by atoms with Crippen molar-refractivity contribution in [1.82, 2.24) is 10.2 Å². The number of hydrogen-bond donors (Lipinski definition) is 2. The van der Waals surface area contributed by atoms with E-state index in [1.807, 2.05) is 0 Å². The Morgan fingerprint density at radius 3 is 2.22 bits per heavy atom. The number of ether oxygens (including phenoxy) is 1. The molecule has 2 N–H and O–H groups in total. The van der Waals surface area contributed by atoms with Gasteiger partial charge >= 0.3 is 0 Å². The van der Waals surface area contributed by atoms with Crippen molar-refractivity contribution in [3.8, 4) is 5.75 Å². The molecule has 6 nitrogen and oxygen atoms in total. The summed E-state index contributed by atoms with van der Waals surface area (Å²) in [5.41, 5.74) is 4.41. The maximum atomic E-state index is 12.5. The fourth-order valence-electron chi connectivity index (χ4n) is 5.16. The number of amides is 2. The third kappa shape index (κ3) is 9.49. The molecule has 0 atom stereocenters. The Hall–Kier alpha value is -3.06. The molecule has 0 aromatic heterocycles. The molecule has 0 aliphatic carbocycles. The van der Waals surface area contributed by atoms with Crippen LogP contribution < -0.4 is 15.4 Å². The summed E-state index contributed by atoms with van der Waals surface area (Å²) in [5, 5.41) is 6.43. The van der Waals surface area contributed by atoms with E-state index in [-0.39, 0.29) is 24.2 Å². The third-order valence-corrected chi connectivity index (χ3v) is 7.76. The molecule has 2 amide bonds. The maximum absolute atomic E-state index is 12.5. The number of carbonyl (C=O) groups excluding carboxylic acids is 2. The van der Waals surface area contributed by atoms with Crippen LogP contribution in [0.5, 0.6) is 5.75 Å². The highest BCUT2D eigenvalue weighted by atomic mass is 35.5. The summed E-state index contributed by atoms with van der Waals surface area (Å²) in [6.07, 6.45) is 5.32. The second-order valence-corrected chi connectivity index (χ2v) is 10.7. The van der Waals surface area contributed by atoms with Crippen LogP contribution in [0, 0.1) is 0 Å². The van der Waals surface area contributed by atoms with Crippen LogP contribution in [0.1, 0.15) is 77.3 Å². The standard InChI is InChI=1S/C33H40ClN3O3.ClH/c1-3-24-7-16-30(31(23-24)40-4-2)25-17-21-37(22-18-25)20-6-5-19-35-32(38)26-10-14-29(15-11-26)36-33(39)27-8-12-28(34)13-9-27;/h7-16,23,25H,3-6,17-22H2,1-2H3,(H,35,38)(H,36,39);1H. The van der Waals surface area contributed by atoms with Gasteiger partial charge in [-0.15, -0.1) is 12.4 Å². The largest absolute Gasteiger partial charge is 0.494 e. The first-order chi connectivity index (χ1) is 19.5. The van der Waals surface area contributed by atoms with Crippen molar-refractivity contribution in [2.24, 2.45) is 0 Å². The maximum Gasteiger partial charge on any atom is 0.255 e. The number of benzene rings is 3. The molecule has 1 aliphatic heterocycles. The van der Waals surface area contributed by atoms with Gasteiger partial charge in [0.25, 0.3) is 11.8 Å². The molecule has 3 aromatic carbocycles. The van der Waals surface area contributed by atoms with Gasteiger partial charge in [-0.3, -0.25) is 9.59 Å². The van der Waals surface area contributed by atoms with Crippen molar-refractivity contribution in [3.63, 3.8) is 0 Å². The van der Waals surface area contributed by atoms with Crippen LogP contribution in [0.15, 0.2) is 66.7 Å². The van der Waals surface area contributed by atoms with Crippen molar-refractivity contribution in [2.45, 2.75) is 51.9 Å². The lowest BCUT2D eigenvalue weighted by Crippen LogP contribution is -2.34. The Kier molecular flexibility index (Phi) is 13.0. The van der Waals surface area contributed by atoms with Crippen LogP contribution >= 0.6 is 24.0 Å². The Labute approximate surface area is 255 Å². The second-order valence-electron chi connectivity index (χ2n) is 10.3. The monoisotopic (exact) mass is 597 g/mol. The summed E-state index contributed by atoms with van der Waals surface area (Å²) in [5.74, 6) is 1.29. The van der Waals surface area contributed by atoms with Gasteiger partial charge in [-0.05, 0) is 130 Å². The number of unbranched alkanes of at least 4 members (excludes halogenated alkanes) is 1. The van der Waals surface area contributed by atoms with E-state index in [1.54, 1.807) is 48.5 Å². The van der Waals surface area contributed by atoms with Crippen LogP contribution in [0.2, 0.25) is 5.02 Å². The molecule has 0 radical (unpaired) electrons. The van der Waals surface area contributed by atoms with E-state index in [1.165, 1.54) is 11.1 Å². The summed E-state index contributed by atoms with van der Waals surface area (Å²) in [6.45, 7) is 8.82. The minimum absolute atomic E-state index is 0. The number of carbonyl (C=O) groups is 2. The molecular formula is C33H41Cl2N3O3. The highest BCUT2D eigenvalue weighted by Crippen LogP contribution is 2.35. The van der Waals surface area contributed by atoms with Gasteiger partial charge in [0.1, 0.15) is 5.75 Å². The minimum atomic E-state index is -0.223. The molecule has 3 aromatic rings. The highest BCUT2D eigenvalue weighted by molar-refractivity contribution is 6.30. The van der Waals surface area contributed by atoms with Crippen molar-refractivity contribution in [1.29, 1.82) is 0 Å². The zero-order valence-electron chi connectivity index (χ0n) is 24.0. The predicted octanol–water partition coefficient (Wildman–Crippen LogP) is 7.36. The number of nitrogens with one attached hydrogen (secondary N) is 2. The smallest absolute Gasteiger partial charge is 0.255 e. The summed E-state index contributed by atoms with van der Waals surface area (Å²) in [6, 6.07) is 20.4. The lowest BCUT2D eigenvalue weighted by molar-refractivity contribution is 0.0951. The molecule has 1 aliphatic rings. The third-order valence-electron chi connectivity index (χ3n) is 7.51. The number of likely N-dealkylation sites (tertiary alicyclic amines) is 1. The van der Waals surface area contributed by atoms with Crippen molar-refractivity contribution < 1.29 is 14.3 Å². The molecule has 0 unspecified atom stereocenters. The summed E-state index contributed by atoms with van der Waals surface area (Å²) in [4.78, 5) is 27.4. The molecule has 8 heteroatoms. The van der Waals surface area contributed by atoms with E-state index in [9.17, 15) is 9.59 Å². The topological polar surface area (TPSA) is 70.7 Å². The van der Waals surface area contributed by atoms with Crippen LogP contribution in [-0.4, -0.2) is 49.5 Å². The van der Waals surface area contributed by atoms with Crippen molar-refractivity contribution >= 4 is 41.5 Å². The number of aryl methyl sites for hydroxylation is 1. The van der Waals surface area contributed by atoms with E-state index < -0.39 is 0 Å². The number of halogens is 2. The Bertz CT molecular complexity index is 1260. The van der Waals surface area contributed by atoms with E-state index in [0.29, 0.717) is 40.9 Å². The fourth-order valence-corrected chi connectivity index (χ4v) is 5.28. The quantitative estimate of drug-likeness (QED) is 0.214. The summed E-state index contributed by atoms with van der Waals surface area (Å²) < 4.78 is 5.98. The summed E-state index contributed by atoms with van der Waals surface area (Å²) in [7, 11) is 0. The molecular weight excluding hydrogens is 557 g/mol. The Morgan fingerprint density at radius 1 is 0.902 bits per heavy atom. The van der Waals surface area contributed by atoms with E-state index in [4.69, 9.17) is 16.3 Å². The zero-order chi connectivity index (χ0) is 28.3. The molecule has 41 heavy (non-hydrogen) atoms. The number of anilines is 1. The van der Waals surface area contributed by atoms with Gasteiger partial charge in [0.05, 0.1) is 6.61 Å². The lowest BCUT2D eigenvalue weighted by Gasteiger charge is -2.33. The Morgan fingerprint density at radius 2 is 1.56 bits per heavy atom. The molecule has 220 valence electrons. The van der Waals surface area contributed by atoms with Gasteiger partial charge in [-0.1, -0.05) is 30.7 Å². The van der Waals surface area contributed by atoms with Crippen molar-refractivity contribution in [3.05, 3.63) is 94.0 Å². The number of hydrogen-bond acceptors (Lipinski definition) is 4. The molecule has 1 saturated heterocycles. The highest BCUT2D eigenvalue weighted by Gasteiger charge is 2.23.